The van der Waals surface area contributed by atoms with Gasteiger partial charge in [0.2, 0.25) is 5.91 Å². The Labute approximate surface area is 252 Å². The van der Waals surface area contributed by atoms with Crippen molar-refractivity contribution >= 4 is 50.3 Å². The minimum atomic E-state index is -0.567. The summed E-state index contributed by atoms with van der Waals surface area (Å²) in [6.07, 6.45) is 14.7. The number of halogens is 1. The largest absolute Gasteiger partial charge is 0.371 e. The second kappa shape index (κ2) is 18.9. The zero-order valence-corrected chi connectivity index (χ0v) is 26.2. The molecule has 2 aromatic rings. The quantitative estimate of drug-likeness (QED) is 0.0718. The molecule has 0 aliphatic carbocycles. The molecule has 0 fully saturated rings. The summed E-state index contributed by atoms with van der Waals surface area (Å²) >= 11 is 3.27. The van der Waals surface area contributed by atoms with E-state index in [1.165, 1.54) is 83.3 Å². The lowest BCUT2D eigenvalue weighted by Gasteiger charge is -2.26. The van der Waals surface area contributed by atoms with Gasteiger partial charge in [0.15, 0.2) is 0 Å². The molecule has 0 aliphatic rings. The number of carbonyl (C=O) groups is 1. The molecule has 1 N–H and O–H groups in total. The zero-order chi connectivity index (χ0) is 30.0. The molecule has 0 heterocycles. The van der Waals surface area contributed by atoms with Crippen LogP contribution in [0.5, 0.6) is 0 Å². The van der Waals surface area contributed by atoms with Gasteiger partial charge in [0, 0.05) is 37.8 Å². The molecule has 2 rings (SSSR count). The van der Waals surface area contributed by atoms with E-state index in [4.69, 9.17) is 0 Å². The minimum absolute atomic E-state index is 0.0246. The lowest BCUT2D eigenvalue weighted by atomic mass is 10.1. The van der Waals surface area contributed by atoms with E-state index in [-0.39, 0.29) is 27.3 Å². The summed E-state index contributed by atoms with van der Waals surface area (Å²) in [5.74, 6) is -0.230. The van der Waals surface area contributed by atoms with Crippen molar-refractivity contribution in [2.24, 2.45) is 10.2 Å². The molecule has 10 heteroatoms. The second-order valence-electron chi connectivity index (χ2n) is 10.3. The zero-order valence-electron chi connectivity index (χ0n) is 24.6. The highest BCUT2D eigenvalue weighted by Gasteiger charge is 2.16. The monoisotopic (exact) mass is 626 g/mol. The summed E-state index contributed by atoms with van der Waals surface area (Å²) in [7, 11) is 0. The number of nitriles is 1. The number of nitrogens with one attached hydrogen (secondary N) is 1. The molecule has 0 unspecified atom stereocenters. The van der Waals surface area contributed by atoms with Gasteiger partial charge in [0.25, 0.3) is 5.69 Å². The molecule has 0 spiro atoms. The average molecular weight is 628 g/mol. The first-order valence-corrected chi connectivity index (χ1v) is 15.6. The summed E-state index contributed by atoms with van der Waals surface area (Å²) in [5, 5.41) is 32.1. The SMILES string of the molecule is CCCCCCCCN(CCCCCCCC)c1ccc(N=Nc2c(Br)cc([N+](=O)[O-])cc2C#N)c(NC(C)=O)c1. The third-order valence-electron chi connectivity index (χ3n) is 6.86. The molecule has 41 heavy (non-hydrogen) atoms. The molecule has 9 nitrogen and oxygen atoms in total. The molecule has 222 valence electrons. The van der Waals surface area contributed by atoms with Crippen LogP contribution in [0.2, 0.25) is 0 Å². The van der Waals surface area contributed by atoms with Gasteiger partial charge in [-0.25, -0.2) is 0 Å². The summed E-state index contributed by atoms with van der Waals surface area (Å²) in [6.45, 7) is 7.79. The number of benzene rings is 2. The fourth-order valence-corrected chi connectivity index (χ4v) is 5.14. The van der Waals surface area contributed by atoms with E-state index in [1.54, 1.807) is 0 Å². The van der Waals surface area contributed by atoms with E-state index in [2.05, 4.69) is 50.2 Å². The van der Waals surface area contributed by atoms with Crippen LogP contribution < -0.4 is 10.2 Å². The van der Waals surface area contributed by atoms with Gasteiger partial charge >= 0.3 is 0 Å². The highest BCUT2D eigenvalue weighted by molar-refractivity contribution is 9.10. The smallest absolute Gasteiger partial charge is 0.272 e. The predicted molar refractivity (Wildman–Crippen MR) is 169 cm³/mol. The molecule has 0 saturated carbocycles. The summed E-state index contributed by atoms with van der Waals surface area (Å²) < 4.78 is 0.286. The Kier molecular flexibility index (Phi) is 15.6. The van der Waals surface area contributed by atoms with Crippen LogP contribution in [-0.4, -0.2) is 23.9 Å². The van der Waals surface area contributed by atoms with E-state index in [0.717, 1.165) is 31.6 Å². The lowest BCUT2D eigenvalue weighted by Crippen LogP contribution is -2.26. The number of amides is 1. The Bertz CT molecular complexity index is 1200. The third kappa shape index (κ3) is 12.0. The van der Waals surface area contributed by atoms with Crippen LogP contribution in [0.25, 0.3) is 0 Å². The fourth-order valence-electron chi connectivity index (χ4n) is 4.61. The van der Waals surface area contributed by atoms with E-state index in [9.17, 15) is 20.2 Å². The number of unbranched alkanes of at least 4 members (excludes halogenated alkanes) is 10. The standard InChI is InChI=1S/C31H43BrN6O3/c1-4-6-8-10-12-14-18-37(19-15-13-11-9-7-5-2)26-16-17-29(30(22-26)34-24(3)39)35-36-31-25(23-33)20-27(38(40)41)21-28(31)32/h16-17,20-22H,4-15,18-19H2,1-3H3,(H,34,39). The first-order chi connectivity index (χ1) is 19.8. The molecule has 0 radical (unpaired) electrons. The molecular formula is C31H43BrN6O3. The summed E-state index contributed by atoms with van der Waals surface area (Å²) in [5.41, 5.74) is 1.96. The van der Waals surface area contributed by atoms with Crippen LogP contribution in [-0.2, 0) is 4.79 Å². The molecule has 0 saturated heterocycles. The van der Waals surface area contributed by atoms with Crippen LogP contribution in [0, 0.1) is 21.4 Å². The van der Waals surface area contributed by atoms with Crippen molar-refractivity contribution in [3.63, 3.8) is 0 Å². The number of non-ortho nitro benzene ring substituents is 1. The van der Waals surface area contributed by atoms with Crippen molar-refractivity contribution in [1.29, 1.82) is 5.26 Å². The van der Waals surface area contributed by atoms with Crippen molar-refractivity contribution in [2.45, 2.75) is 97.8 Å². The van der Waals surface area contributed by atoms with Crippen LogP contribution in [0.15, 0.2) is 45.0 Å². The molecule has 2 aromatic carbocycles. The number of nitro benzene ring substituents is 1. The Morgan fingerprint density at radius 2 is 1.54 bits per heavy atom. The maximum atomic E-state index is 12.1. The number of hydrogen-bond donors (Lipinski definition) is 1. The maximum Gasteiger partial charge on any atom is 0.272 e. The normalized spacial score (nSPS) is 11.0. The van der Waals surface area contributed by atoms with Gasteiger partial charge in [-0.3, -0.25) is 14.9 Å². The van der Waals surface area contributed by atoms with E-state index >= 15 is 0 Å². The van der Waals surface area contributed by atoms with Crippen molar-refractivity contribution < 1.29 is 9.72 Å². The van der Waals surface area contributed by atoms with Crippen LogP contribution in [0.1, 0.15) is 103 Å². The van der Waals surface area contributed by atoms with Crippen LogP contribution in [0.3, 0.4) is 0 Å². The Morgan fingerprint density at radius 1 is 0.951 bits per heavy atom. The average Bonchev–Trinajstić information content (AvgIpc) is 2.94. The number of nitro groups is 1. The summed E-state index contributed by atoms with van der Waals surface area (Å²) in [4.78, 5) is 25.1. The number of rotatable bonds is 19. The molecule has 1 amide bonds. The van der Waals surface area contributed by atoms with Crippen molar-refractivity contribution in [1.82, 2.24) is 0 Å². The topological polar surface area (TPSA) is 124 Å². The maximum absolute atomic E-state index is 12.1. The first kappa shape index (κ1) is 33.9. The Balaban J connectivity index is 2.30. The Hall–Kier alpha value is -3.32. The van der Waals surface area contributed by atoms with Crippen molar-refractivity contribution in [3.8, 4) is 6.07 Å². The lowest BCUT2D eigenvalue weighted by molar-refractivity contribution is -0.384. The number of anilines is 2. The van der Waals surface area contributed by atoms with Gasteiger partial charge in [-0.1, -0.05) is 78.1 Å². The van der Waals surface area contributed by atoms with Gasteiger partial charge in [0.05, 0.1) is 20.6 Å². The third-order valence-corrected chi connectivity index (χ3v) is 7.46. The second-order valence-corrected chi connectivity index (χ2v) is 11.2. The van der Waals surface area contributed by atoms with E-state index in [0.29, 0.717) is 11.4 Å². The molecule has 0 atom stereocenters. The van der Waals surface area contributed by atoms with Gasteiger partial charge in [-0.2, -0.15) is 5.26 Å². The molecule has 0 bridgehead atoms. The van der Waals surface area contributed by atoms with Crippen molar-refractivity contribution in [2.75, 3.05) is 23.3 Å². The molecule has 0 aromatic heterocycles. The highest BCUT2D eigenvalue weighted by atomic mass is 79.9. The fraction of sp³-hybridized carbons (Fsp3) is 0.548. The van der Waals surface area contributed by atoms with Gasteiger partial charge in [-0.05, 0) is 47.0 Å². The Morgan fingerprint density at radius 3 is 2.07 bits per heavy atom. The molecular weight excluding hydrogens is 584 g/mol. The number of carbonyl (C=O) groups excluding carboxylic acids is 1. The molecule has 0 aliphatic heterocycles. The van der Waals surface area contributed by atoms with Crippen LogP contribution in [0.4, 0.5) is 28.4 Å². The predicted octanol–water partition coefficient (Wildman–Crippen LogP) is 10.1. The number of azo groups is 1. The number of hydrogen-bond acceptors (Lipinski definition) is 7. The highest BCUT2D eigenvalue weighted by Crippen LogP contribution is 2.37. The van der Waals surface area contributed by atoms with E-state index in [1.807, 2.05) is 24.3 Å². The first-order valence-electron chi connectivity index (χ1n) is 14.8. The summed E-state index contributed by atoms with van der Waals surface area (Å²) in [6, 6.07) is 10.1. The van der Waals surface area contributed by atoms with Gasteiger partial charge < -0.3 is 10.2 Å². The van der Waals surface area contributed by atoms with Crippen molar-refractivity contribution in [3.05, 3.63) is 50.5 Å². The van der Waals surface area contributed by atoms with Gasteiger partial charge in [0.1, 0.15) is 17.4 Å². The van der Waals surface area contributed by atoms with E-state index < -0.39 is 4.92 Å². The minimum Gasteiger partial charge on any atom is -0.371 e. The van der Waals surface area contributed by atoms with Gasteiger partial charge in [-0.15, -0.1) is 10.2 Å². The van der Waals surface area contributed by atoms with Crippen LogP contribution >= 0.6 is 15.9 Å². The number of nitrogens with zero attached hydrogens (tertiary/aromatic N) is 5.